The van der Waals surface area contributed by atoms with Gasteiger partial charge in [-0.25, -0.2) is 0 Å². The second-order valence-corrected chi connectivity index (χ2v) is 4.63. The van der Waals surface area contributed by atoms with Gasteiger partial charge in [-0.05, 0) is 51.2 Å². The van der Waals surface area contributed by atoms with Gasteiger partial charge in [0.25, 0.3) is 0 Å². The Hall–Kier alpha value is -2.01. The van der Waals surface area contributed by atoms with Crippen LogP contribution in [-0.2, 0) is 0 Å². The van der Waals surface area contributed by atoms with Crippen LogP contribution >= 0.6 is 0 Å². The Morgan fingerprint density at radius 3 is 2.32 bits per heavy atom. The van der Waals surface area contributed by atoms with Crippen LogP contribution in [0.25, 0.3) is 11.0 Å². The van der Waals surface area contributed by atoms with Gasteiger partial charge in [-0.15, -0.1) is 0 Å². The third-order valence-electron chi connectivity index (χ3n) is 3.08. The summed E-state index contributed by atoms with van der Waals surface area (Å²) in [6.45, 7) is 2.64. The highest BCUT2D eigenvalue weighted by molar-refractivity contribution is 5.95. The van der Waals surface area contributed by atoms with E-state index in [0.717, 1.165) is 5.52 Å². The minimum atomic E-state index is -0.451. The number of aromatic nitrogens is 2. The zero-order valence-electron chi connectivity index (χ0n) is 11.0. The Morgan fingerprint density at radius 1 is 1.16 bits per heavy atom. The number of nitrogens with two attached hydrogens (primary N) is 1. The van der Waals surface area contributed by atoms with Crippen molar-refractivity contribution in [1.82, 2.24) is 14.9 Å². The van der Waals surface area contributed by atoms with Crippen molar-refractivity contribution in [3.63, 3.8) is 0 Å². The molecule has 0 aliphatic carbocycles. The first kappa shape index (κ1) is 13.4. The fraction of sp³-hybridized carbons (Fsp3) is 0.357. The van der Waals surface area contributed by atoms with Gasteiger partial charge in [-0.3, -0.25) is 14.8 Å². The smallest absolute Gasteiger partial charge is 0.248 e. The van der Waals surface area contributed by atoms with Crippen molar-refractivity contribution in [2.45, 2.75) is 12.8 Å². The topological polar surface area (TPSA) is 72.1 Å². The van der Waals surface area contributed by atoms with Crippen LogP contribution in [0.1, 0.15) is 23.2 Å². The monoisotopic (exact) mass is 258 g/mol. The summed E-state index contributed by atoms with van der Waals surface area (Å²) in [5.41, 5.74) is 7.01. The number of primary amides is 1. The quantitative estimate of drug-likeness (QED) is 0.840. The molecule has 0 unspecified atom stereocenters. The summed E-state index contributed by atoms with van der Waals surface area (Å²) in [4.78, 5) is 21.3. The largest absolute Gasteiger partial charge is 0.366 e. The van der Waals surface area contributed by atoms with Crippen LogP contribution in [0.3, 0.4) is 0 Å². The molecule has 1 aromatic carbocycles. The Kier molecular flexibility index (Phi) is 4.41. The number of rotatable bonds is 1. The number of likely N-dealkylation sites (tertiary alicyclic amines) is 1. The Bertz CT molecular complexity index is 564. The summed E-state index contributed by atoms with van der Waals surface area (Å²) in [5, 5.41) is 0. The second-order valence-electron chi connectivity index (χ2n) is 4.63. The van der Waals surface area contributed by atoms with Gasteiger partial charge in [0.05, 0.1) is 11.0 Å². The molecule has 0 spiro atoms. The number of benzene rings is 1. The Balaban J connectivity index is 0.000000186. The van der Waals surface area contributed by atoms with E-state index in [9.17, 15) is 4.79 Å². The Morgan fingerprint density at radius 2 is 1.79 bits per heavy atom. The van der Waals surface area contributed by atoms with Crippen LogP contribution in [0.5, 0.6) is 0 Å². The highest BCUT2D eigenvalue weighted by Gasteiger charge is 2.03. The van der Waals surface area contributed by atoms with E-state index < -0.39 is 5.91 Å². The van der Waals surface area contributed by atoms with E-state index in [1.807, 2.05) is 0 Å². The molecule has 1 saturated heterocycles. The van der Waals surface area contributed by atoms with Crippen molar-refractivity contribution in [3.05, 3.63) is 36.2 Å². The molecule has 1 aliphatic heterocycles. The van der Waals surface area contributed by atoms with Gasteiger partial charge in [-0.2, -0.15) is 0 Å². The molecule has 2 aromatic rings. The SMILES string of the molecule is CN1CCCC1.NC(=O)c1ccc2nccnc2c1. The minimum absolute atomic E-state index is 0.451. The number of hydrogen-bond acceptors (Lipinski definition) is 4. The number of fused-ring (bicyclic) bond motifs is 1. The first-order chi connectivity index (χ1) is 9.16. The number of carbonyl (C=O) groups is 1. The summed E-state index contributed by atoms with van der Waals surface area (Å²) >= 11 is 0. The lowest BCUT2D eigenvalue weighted by atomic mass is 10.2. The molecule has 0 atom stereocenters. The molecular formula is C14H18N4O. The molecule has 0 saturated carbocycles. The van der Waals surface area contributed by atoms with E-state index in [1.165, 1.54) is 25.9 Å². The van der Waals surface area contributed by atoms with Gasteiger partial charge in [0, 0.05) is 18.0 Å². The lowest BCUT2D eigenvalue weighted by Crippen LogP contribution is -2.10. The standard InChI is InChI=1S/C9H7N3O.C5H11N/c10-9(13)6-1-2-7-8(5-6)12-4-3-11-7;1-6-4-2-3-5-6/h1-5H,(H2,10,13);2-5H2,1H3. The third kappa shape index (κ3) is 3.72. The van der Waals surface area contributed by atoms with Crippen LogP contribution in [0, 0.1) is 0 Å². The molecule has 5 heteroatoms. The lowest BCUT2D eigenvalue weighted by Gasteiger charge is -2.01. The fourth-order valence-corrected chi connectivity index (χ4v) is 1.99. The molecule has 100 valence electrons. The van der Waals surface area contributed by atoms with Crippen molar-refractivity contribution in [2.75, 3.05) is 20.1 Å². The fourth-order valence-electron chi connectivity index (χ4n) is 1.99. The van der Waals surface area contributed by atoms with E-state index >= 15 is 0 Å². The molecule has 19 heavy (non-hydrogen) atoms. The van der Waals surface area contributed by atoms with Gasteiger partial charge in [0.15, 0.2) is 0 Å². The van der Waals surface area contributed by atoms with Gasteiger partial charge in [0.2, 0.25) is 5.91 Å². The predicted octanol–water partition coefficient (Wildman–Crippen LogP) is 1.44. The number of carbonyl (C=O) groups excluding carboxylic acids is 1. The zero-order valence-corrected chi connectivity index (χ0v) is 11.0. The van der Waals surface area contributed by atoms with Crippen molar-refractivity contribution >= 4 is 16.9 Å². The first-order valence-electron chi connectivity index (χ1n) is 6.36. The maximum absolute atomic E-state index is 10.8. The maximum Gasteiger partial charge on any atom is 0.248 e. The van der Waals surface area contributed by atoms with E-state index in [2.05, 4.69) is 21.9 Å². The molecule has 5 nitrogen and oxygen atoms in total. The molecular weight excluding hydrogens is 240 g/mol. The van der Waals surface area contributed by atoms with E-state index in [-0.39, 0.29) is 0 Å². The number of hydrogen-bond donors (Lipinski definition) is 1. The van der Waals surface area contributed by atoms with Gasteiger partial charge < -0.3 is 10.6 Å². The van der Waals surface area contributed by atoms with E-state index in [1.54, 1.807) is 30.6 Å². The average Bonchev–Trinajstić information content (AvgIpc) is 2.90. The summed E-state index contributed by atoms with van der Waals surface area (Å²) in [5.74, 6) is -0.451. The molecule has 2 heterocycles. The Labute approximate surface area is 112 Å². The molecule has 3 rings (SSSR count). The summed E-state index contributed by atoms with van der Waals surface area (Å²) in [6, 6.07) is 4.99. The molecule has 1 aliphatic rings. The van der Waals surface area contributed by atoms with Crippen LogP contribution in [0.4, 0.5) is 0 Å². The van der Waals surface area contributed by atoms with Crippen LogP contribution in [0.2, 0.25) is 0 Å². The number of amides is 1. The van der Waals surface area contributed by atoms with Crippen LogP contribution in [-0.4, -0.2) is 40.9 Å². The molecule has 0 bridgehead atoms. The van der Waals surface area contributed by atoms with Gasteiger partial charge in [-0.1, -0.05) is 0 Å². The van der Waals surface area contributed by atoms with Crippen molar-refractivity contribution in [2.24, 2.45) is 5.73 Å². The molecule has 2 N–H and O–H groups in total. The molecule has 0 radical (unpaired) electrons. The molecule has 1 fully saturated rings. The van der Waals surface area contributed by atoms with Crippen molar-refractivity contribution in [3.8, 4) is 0 Å². The highest BCUT2D eigenvalue weighted by atomic mass is 16.1. The van der Waals surface area contributed by atoms with E-state index in [0.29, 0.717) is 11.1 Å². The zero-order chi connectivity index (χ0) is 13.7. The summed E-state index contributed by atoms with van der Waals surface area (Å²) < 4.78 is 0. The normalized spacial score (nSPS) is 15.0. The van der Waals surface area contributed by atoms with Gasteiger partial charge >= 0.3 is 0 Å². The lowest BCUT2D eigenvalue weighted by molar-refractivity contribution is 0.100. The second kappa shape index (κ2) is 6.24. The van der Waals surface area contributed by atoms with Crippen molar-refractivity contribution in [1.29, 1.82) is 0 Å². The van der Waals surface area contributed by atoms with Crippen LogP contribution < -0.4 is 5.73 Å². The summed E-state index contributed by atoms with van der Waals surface area (Å²) in [6.07, 6.45) is 6.01. The molecule has 1 amide bonds. The van der Waals surface area contributed by atoms with Crippen LogP contribution in [0.15, 0.2) is 30.6 Å². The first-order valence-corrected chi connectivity index (χ1v) is 6.36. The maximum atomic E-state index is 10.8. The van der Waals surface area contributed by atoms with Crippen molar-refractivity contribution < 1.29 is 4.79 Å². The predicted molar refractivity (Wildman–Crippen MR) is 74.8 cm³/mol. The average molecular weight is 258 g/mol. The summed E-state index contributed by atoms with van der Waals surface area (Å²) in [7, 11) is 2.17. The highest BCUT2D eigenvalue weighted by Crippen LogP contribution is 2.09. The number of nitrogens with zero attached hydrogens (tertiary/aromatic N) is 3. The third-order valence-corrected chi connectivity index (χ3v) is 3.08. The van der Waals surface area contributed by atoms with Gasteiger partial charge in [0.1, 0.15) is 0 Å². The molecule has 1 aromatic heterocycles. The van der Waals surface area contributed by atoms with E-state index in [4.69, 9.17) is 5.73 Å². The minimum Gasteiger partial charge on any atom is -0.366 e.